The Labute approximate surface area is 176 Å². The Morgan fingerprint density at radius 3 is 2.55 bits per heavy atom. The fourth-order valence-electron chi connectivity index (χ4n) is 3.69. The van der Waals surface area contributed by atoms with Gasteiger partial charge in [-0.2, -0.15) is 18.2 Å². The summed E-state index contributed by atoms with van der Waals surface area (Å²) in [6.07, 6.45) is -0.770. The number of anilines is 3. The minimum Gasteiger partial charge on any atom is -0.487 e. The van der Waals surface area contributed by atoms with E-state index < -0.39 is 12.0 Å². The second-order valence-corrected chi connectivity index (χ2v) is 7.65. The maximum absolute atomic E-state index is 12.5. The lowest BCUT2D eigenvalue weighted by molar-refractivity contribution is -0.145. The van der Waals surface area contributed by atoms with E-state index in [1.807, 2.05) is 25.8 Å². The summed E-state index contributed by atoms with van der Waals surface area (Å²) in [7, 11) is 1.83. The van der Waals surface area contributed by atoms with Gasteiger partial charge in [-0.05, 0) is 13.3 Å². The molecule has 1 aliphatic carbocycles. The van der Waals surface area contributed by atoms with E-state index in [1.54, 1.807) is 0 Å². The van der Waals surface area contributed by atoms with Gasteiger partial charge in [-0.3, -0.25) is 4.79 Å². The molecular formula is C19H22F3N7O2. The number of nitrogens with zero attached hydrogens (tertiary/aromatic N) is 5. The number of aryl methyl sites for hydroxylation is 1. The van der Waals surface area contributed by atoms with Crippen LogP contribution in [0, 0.1) is 6.92 Å². The third-order valence-electron chi connectivity index (χ3n) is 5.42. The highest BCUT2D eigenvalue weighted by molar-refractivity contribution is 6.03. The van der Waals surface area contributed by atoms with E-state index in [0.717, 1.165) is 12.4 Å². The van der Waals surface area contributed by atoms with Gasteiger partial charge in [0.25, 0.3) is 0 Å². The Hall–Kier alpha value is -3.18. The van der Waals surface area contributed by atoms with Gasteiger partial charge >= 0.3 is 6.18 Å². The summed E-state index contributed by atoms with van der Waals surface area (Å²) in [5.41, 5.74) is 1.27. The lowest BCUT2D eigenvalue weighted by Crippen LogP contribution is -2.47. The Morgan fingerprint density at radius 2 is 1.94 bits per heavy atom. The van der Waals surface area contributed by atoms with Crippen molar-refractivity contribution >= 4 is 23.4 Å². The van der Waals surface area contributed by atoms with E-state index in [9.17, 15) is 18.0 Å². The number of nitrogens with one attached hydrogen (secondary N) is 2. The number of aromatic nitrogens is 4. The molecule has 2 aromatic heterocycles. The van der Waals surface area contributed by atoms with Crippen molar-refractivity contribution < 1.29 is 22.7 Å². The van der Waals surface area contributed by atoms with E-state index in [2.05, 4.69) is 30.6 Å². The van der Waals surface area contributed by atoms with Gasteiger partial charge in [-0.25, -0.2) is 15.0 Å². The van der Waals surface area contributed by atoms with Crippen LogP contribution in [0.3, 0.4) is 0 Å². The number of ether oxygens (including phenoxy) is 1. The van der Waals surface area contributed by atoms with Crippen molar-refractivity contribution in [3.8, 4) is 5.75 Å². The normalized spacial score (nSPS) is 23.0. The van der Waals surface area contributed by atoms with Crippen LogP contribution >= 0.6 is 0 Å². The Bertz CT molecular complexity index is 978. The van der Waals surface area contributed by atoms with Gasteiger partial charge in [-0.15, -0.1) is 0 Å². The Kier molecular flexibility index (Phi) is 5.31. The largest absolute Gasteiger partial charge is 0.487 e. The predicted octanol–water partition coefficient (Wildman–Crippen LogP) is 2.78. The quantitative estimate of drug-likeness (QED) is 0.736. The topological polar surface area (TPSA) is 105 Å². The van der Waals surface area contributed by atoms with Crippen LogP contribution in [0.25, 0.3) is 0 Å². The maximum atomic E-state index is 12.5. The van der Waals surface area contributed by atoms with E-state index in [0.29, 0.717) is 42.4 Å². The third-order valence-corrected chi connectivity index (χ3v) is 5.42. The van der Waals surface area contributed by atoms with Crippen molar-refractivity contribution in [1.82, 2.24) is 19.9 Å². The molecular weight excluding hydrogens is 415 g/mol. The number of likely N-dealkylation sites (N-methyl/N-ethyl adjacent to an activating group) is 1. The molecule has 12 heteroatoms. The summed E-state index contributed by atoms with van der Waals surface area (Å²) in [5.74, 6) is 0.0433. The van der Waals surface area contributed by atoms with E-state index in [4.69, 9.17) is 4.74 Å². The lowest BCUT2D eigenvalue weighted by atomic mass is 9.89. The van der Waals surface area contributed by atoms with Gasteiger partial charge in [0.15, 0.2) is 11.6 Å². The van der Waals surface area contributed by atoms with Gasteiger partial charge in [0, 0.05) is 25.9 Å². The second kappa shape index (κ2) is 7.82. The molecule has 3 heterocycles. The number of hydrogen-bond acceptors (Lipinski definition) is 8. The molecule has 0 radical (unpaired) electrons. The summed E-state index contributed by atoms with van der Waals surface area (Å²) >= 11 is 0. The summed E-state index contributed by atoms with van der Waals surface area (Å²) in [6.45, 7) is 3.75. The predicted molar refractivity (Wildman–Crippen MR) is 106 cm³/mol. The number of alkyl halides is 3. The molecule has 0 bridgehead atoms. The first-order valence-corrected chi connectivity index (χ1v) is 9.90. The van der Waals surface area contributed by atoms with Gasteiger partial charge in [0.1, 0.15) is 17.8 Å². The molecule has 0 aromatic carbocycles. The molecule has 31 heavy (non-hydrogen) atoms. The molecule has 9 nitrogen and oxygen atoms in total. The van der Waals surface area contributed by atoms with Crippen LogP contribution in [0.2, 0.25) is 0 Å². The van der Waals surface area contributed by atoms with Crippen LogP contribution in [-0.4, -0.2) is 51.1 Å². The number of carbonyl (C=O) groups is 1. The van der Waals surface area contributed by atoms with Crippen LogP contribution in [-0.2, 0) is 11.0 Å². The summed E-state index contributed by atoms with van der Waals surface area (Å²) in [6, 6.07) is -0.231. The molecule has 166 valence electrons. The van der Waals surface area contributed by atoms with Crippen molar-refractivity contribution in [3.63, 3.8) is 0 Å². The molecule has 0 saturated heterocycles. The van der Waals surface area contributed by atoms with Gasteiger partial charge in [-0.1, -0.05) is 6.92 Å². The highest BCUT2D eigenvalue weighted by atomic mass is 19.4. The zero-order valence-corrected chi connectivity index (χ0v) is 17.2. The van der Waals surface area contributed by atoms with Crippen molar-refractivity contribution in [3.05, 3.63) is 23.9 Å². The number of carbonyl (C=O) groups excluding carboxylic acids is 1. The van der Waals surface area contributed by atoms with Crippen molar-refractivity contribution in [2.75, 3.05) is 22.6 Å². The molecule has 1 saturated carbocycles. The van der Waals surface area contributed by atoms with Crippen LogP contribution < -0.4 is 20.3 Å². The SMILES string of the molecule is CC[C@H]1C(=O)Nc2c(C)nc(N[C@H]3C[C@H](Oc4cnc(C(F)(F)F)nc4)C3)nc2N1C. The molecule has 4 rings (SSSR count). The number of halogens is 3. The number of amides is 1. The Morgan fingerprint density at radius 1 is 1.26 bits per heavy atom. The van der Waals surface area contributed by atoms with Gasteiger partial charge < -0.3 is 20.3 Å². The average molecular weight is 437 g/mol. The summed E-state index contributed by atoms with van der Waals surface area (Å²) < 4.78 is 43.2. The van der Waals surface area contributed by atoms with E-state index >= 15 is 0 Å². The molecule has 0 spiro atoms. The standard InChI is InChI=1S/C19H22F3N7O2/c1-4-13-16(30)27-14-9(2)25-18(28-15(14)29(13)3)26-10-5-11(6-10)31-12-7-23-17(24-8-12)19(20,21)22/h7-8,10-11,13H,4-6H2,1-3H3,(H,27,30)(H,25,26,28)/t10-,11-,13-/m0/s1. The first-order valence-electron chi connectivity index (χ1n) is 9.90. The lowest BCUT2D eigenvalue weighted by Gasteiger charge is -2.37. The van der Waals surface area contributed by atoms with Crippen LogP contribution in [0.1, 0.15) is 37.7 Å². The molecule has 2 aliphatic rings. The van der Waals surface area contributed by atoms with E-state index in [1.165, 1.54) is 0 Å². The minimum atomic E-state index is -4.58. The van der Waals surface area contributed by atoms with Gasteiger partial charge in [0.2, 0.25) is 17.7 Å². The smallest absolute Gasteiger partial charge is 0.451 e. The molecule has 1 atom stereocenters. The van der Waals surface area contributed by atoms with Crippen LogP contribution in [0.4, 0.5) is 30.6 Å². The zero-order chi connectivity index (χ0) is 22.3. The van der Waals surface area contributed by atoms with Crippen LogP contribution in [0.15, 0.2) is 12.4 Å². The zero-order valence-electron chi connectivity index (χ0n) is 17.2. The van der Waals surface area contributed by atoms with Crippen molar-refractivity contribution in [1.29, 1.82) is 0 Å². The first kappa shape index (κ1) is 21.1. The molecule has 1 fully saturated rings. The first-order chi connectivity index (χ1) is 14.7. The molecule has 1 aliphatic heterocycles. The monoisotopic (exact) mass is 437 g/mol. The molecule has 0 unspecified atom stereocenters. The number of rotatable bonds is 5. The highest BCUT2D eigenvalue weighted by Gasteiger charge is 2.36. The fourth-order valence-corrected chi connectivity index (χ4v) is 3.69. The number of hydrogen-bond donors (Lipinski definition) is 2. The average Bonchev–Trinajstić information content (AvgIpc) is 2.67. The third kappa shape index (κ3) is 4.19. The maximum Gasteiger partial charge on any atom is 0.451 e. The van der Waals surface area contributed by atoms with Crippen molar-refractivity contribution in [2.45, 2.75) is 57.5 Å². The highest BCUT2D eigenvalue weighted by Crippen LogP contribution is 2.34. The van der Waals surface area contributed by atoms with Crippen LogP contribution in [0.5, 0.6) is 5.75 Å². The minimum absolute atomic E-state index is 0.0586. The van der Waals surface area contributed by atoms with E-state index in [-0.39, 0.29) is 29.8 Å². The van der Waals surface area contributed by atoms with Crippen molar-refractivity contribution in [2.24, 2.45) is 0 Å². The molecule has 2 N–H and O–H groups in total. The second-order valence-electron chi connectivity index (χ2n) is 7.65. The summed E-state index contributed by atoms with van der Waals surface area (Å²) in [4.78, 5) is 29.7. The molecule has 2 aromatic rings. The Balaban J connectivity index is 1.36. The number of fused-ring (bicyclic) bond motifs is 1. The van der Waals surface area contributed by atoms with Gasteiger partial charge in [0.05, 0.1) is 18.1 Å². The fraction of sp³-hybridized carbons (Fsp3) is 0.526. The molecule has 1 amide bonds. The summed E-state index contributed by atoms with van der Waals surface area (Å²) in [5, 5.41) is 6.14.